The number of fused-ring (bicyclic) bond motifs is 1. The fourth-order valence-electron chi connectivity index (χ4n) is 4.20. The van der Waals surface area contributed by atoms with Crippen molar-refractivity contribution in [2.75, 3.05) is 19.8 Å². The zero-order chi connectivity index (χ0) is 24.8. The Hall–Kier alpha value is -2.64. The van der Waals surface area contributed by atoms with Crippen LogP contribution in [0, 0.1) is 11.7 Å². The van der Waals surface area contributed by atoms with Crippen LogP contribution < -0.4 is 4.74 Å². The molecule has 1 aliphatic rings. The molecule has 0 aromatic heterocycles. The standard InChI is InChI=1S/C28H30F4O3/c1-2-19-16-33-26(34-17-19)14-7-21-6-13-25-23(15-21)10-9-22(27(25)29)8-3-20-4-11-24(12-5-20)35-18-28(30,31)32/h4-6,9-13,15,19,26H,2-3,7-8,14,16-18H2,1H3. The van der Waals surface area contributed by atoms with Crippen molar-refractivity contribution >= 4 is 10.8 Å². The van der Waals surface area contributed by atoms with E-state index < -0.39 is 12.8 Å². The molecule has 1 aliphatic heterocycles. The number of aryl methyl sites for hydroxylation is 3. The maximum absolute atomic E-state index is 15.2. The monoisotopic (exact) mass is 490 g/mol. The third-order valence-electron chi connectivity index (χ3n) is 6.39. The van der Waals surface area contributed by atoms with Gasteiger partial charge in [0.05, 0.1) is 13.2 Å². The molecule has 1 fully saturated rings. The fraction of sp³-hybridized carbons (Fsp3) is 0.429. The molecule has 35 heavy (non-hydrogen) atoms. The number of benzene rings is 3. The minimum absolute atomic E-state index is 0.158. The van der Waals surface area contributed by atoms with Gasteiger partial charge in [0.1, 0.15) is 11.6 Å². The summed E-state index contributed by atoms with van der Waals surface area (Å²) in [5, 5.41) is 1.43. The lowest BCUT2D eigenvalue weighted by atomic mass is 9.98. The first-order valence-corrected chi connectivity index (χ1v) is 12.0. The molecule has 0 N–H and O–H groups in total. The van der Waals surface area contributed by atoms with Crippen LogP contribution in [0.4, 0.5) is 17.6 Å². The Morgan fingerprint density at radius 3 is 2.29 bits per heavy atom. The summed E-state index contributed by atoms with van der Waals surface area (Å²) in [6, 6.07) is 16.0. The maximum Gasteiger partial charge on any atom is 0.422 e. The van der Waals surface area contributed by atoms with Crippen molar-refractivity contribution in [3.63, 3.8) is 0 Å². The number of halogens is 4. The molecule has 3 aromatic carbocycles. The van der Waals surface area contributed by atoms with E-state index in [9.17, 15) is 13.2 Å². The van der Waals surface area contributed by atoms with E-state index in [1.165, 1.54) is 12.1 Å². The summed E-state index contributed by atoms with van der Waals surface area (Å²) in [6.45, 7) is 2.29. The maximum atomic E-state index is 15.2. The summed E-state index contributed by atoms with van der Waals surface area (Å²) in [4.78, 5) is 0. The van der Waals surface area contributed by atoms with Gasteiger partial charge in [0.2, 0.25) is 0 Å². The Labute approximate surface area is 203 Å². The topological polar surface area (TPSA) is 27.7 Å². The molecule has 0 radical (unpaired) electrons. The first kappa shape index (κ1) is 25.5. The zero-order valence-corrected chi connectivity index (χ0v) is 19.7. The normalized spacial score (nSPS) is 18.7. The van der Waals surface area contributed by atoms with Crippen LogP contribution in [0.3, 0.4) is 0 Å². The molecule has 1 saturated heterocycles. The SMILES string of the molecule is CCC1COC(CCc2ccc3c(F)c(CCc4ccc(OCC(F)(F)F)cc4)ccc3c2)OC1. The molecular weight excluding hydrogens is 460 g/mol. The Bertz CT molecular complexity index is 1100. The highest BCUT2D eigenvalue weighted by atomic mass is 19.4. The van der Waals surface area contributed by atoms with Crippen LogP contribution in [0.25, 0.3) is 10.8 Å². The number of hydrogen-bond donors (Lipinski definition) is 0. The molecule has 0 unspecified atom stereocenters. The van der Waals surface area contributed by atoms with Crippen LogP contribution in [0.2, 0.25) is 0 Å². The van der Waals surface area contributed by atoms with Crippen LogP contribution in [0.1, 0.15) is 36.5 Å². The highest BCUT2D eigenvalue weighted by molar-refractivity contribution is 5.84. The van der Waals surface area contributed by atoms with Gasteiger partial charge in [-0.2, -0.15) is 13.2 Å². The van der Waals surface area contributed by atoms with E-state index >= 15 is 4.39 Å². The van der Waals surface area contributed by atoms with E-state index in [1.54, 1.807) is 18.2 Å². The van der Waals surface area contributed by atoms with Crippen molar-refractivity contribution in [1.82, 2.24) is 0 Å². The van der Waals surface area contributed by atoms with Gasteiger partial charge in [0.15, 0.2) is 12.9 Å². The van der Waals surface area contributed by atoms with E-state index in [0.29, 0.717) is 29.7 Å². The van der Waals surface area contributed by atoms with Crippen LogP contribution >= 0.6 is 0 Å². The van der Waals surface area contributed by atoms with E-state index in [2.05, 4.69) is 6.92 Å². The van der Waals surface area contributed by atoms with Gasteiger partial charge in [0.25, 0.3) is 0 Å². The quantitative estimate of drug-likeness (QED) is 0.301. The second-order valence-electron chi connectivity index (χ2n) is 9.05. The van der Waals surface area contributed by atoms with Crippen molar-refractivity contribution in [1.29, 1.82) is 0 Å². The van der Waals surface area contributed by atoms with Crippen LogP contribution in [0.15, 0.2) is 54.6 Å². The molecule has 7 heteroatoms. The summed E-state index contributed by atoms with van der Waals surface area (Å²) in [7, 11) is 0. The van der Waals surface area contributed by atoms with E-state index in [0.717, 1.165) is 49.0 Å². The lowest BCUT2D eigenvalue weighted by Crippen LogP contribution is -2.32. The van der Waals surface area contributed by atoms with Gasteiger partial charge < -0.3 is 14.2 Å². The summed E-state index contributed by atoms with van der Waals surface area (Å²) in [5.74, 6) is 0.398. The second kappa shape index (κ2) is 11.4. The van der Waals surface area contributed by atoms with Gasteiger partial charge in [-0.3, -0.25) is 0 Å². The lowest BCUT2D eigenvalue weighted by Gasteiger charge is -2.28. The predicted molar refractivity (Wildman–Crippen MR) is 127 cm³/mol. The number of ether oxygens (including phenoxy) is 3. The van der Waals surface area contributed by atoms with Gasteiger partial charge in [-0.25, -0.2) is 4.39 Å². The summed E-state index contributed by atoms with van der Waals surface area (Å²) in [6.07, 6.45) is -0.882. The van der Waals surface area contributed by atoms with Crippen molar-refractivity contribution in [3.8, 4) is 5.75 Å². The number of hydrogen-bond acceptors (Lipinski definition) is 3. The van der Waals surface area contributed by atoms with E-state index in [4.69, 9.17) is 14.2 Å². The molecule has 3 nitrogen and oxygen atoms in total. The average molecular weight is 491 g/mol. The minimum Gasteiger partial charge on any atom is -0.484 e. The van der Waals surface area contributed by atoms with Gasteiger partial charge in [0, 0.05) is 17.7 Å². The van der Waals surface area contributed by atoms with E-state index in [-0.39, 0.29) is 17.9 Å². The van der Waals surface area contributed by atoms with Crippen molar-refractivity contribution in [2.24, 2.45) is 5.92 Å². The molecule has 0 amide bonds. The van der Waals surface area contributed by atoms with E-state index in [1.807, 2.05) is 24.3 Å². The Morgan fingerprint density at radius 2 is 1.60 bits per heavy atom. The van der Waals surface area contributed by atoms with Gasteiger partial charge in [-0.05, 0) is 59.9 Å². The number of alkyl halides is 3. The molecular formula is C28H30F4O3. The van der Waals surface area contributed by atoms with Crippen molar-refractivity contribution in [3.05, 3.63) is 77.1 Å². The Morgan fingerprint density at radius 1 is 0.886 bits per heavy atom. The third kappa shape index (κ3) is 7.18. The Balaban J connectivity index is 1.33. The molecule has 0 atom stereocenters. The highest BCUT2D eigenvalue weighted by Gasteiger charge is 2.28. The summed E-state index contributed by atoms with van der Waals surface area (Å²) >= 11 is 0. The molecule has 0 bridgehead atoms. The predicted octanol–water partition coefficient (Wildman–Crippen LogP) is 7.04. The zero-order valence-electron chi connectivity index (χ0n) is 19.7. The second-order valence-corrected chi connectivity index (χ2v) is 9.05. The highest BCUT2D eigenvalue weighted by Crippen LogP contribution is 2.26. The largest absolute Gasteiger partial charge is 0.484 e. The minimum atomic E-state index is -4.37. The van der Waals surface area contributed by atoms with Gasteiger partial charge in [-0.15, -0.1) is 0 Å². The molecule has 0 spiro atoms. The average Bonchev–Trinajstić information content (AvgIpc) is 2.86. The Kier molecular flexibility index (Phi) is 8.29. The molecule has 1 heterocycles. The molecule has 0 saturated carbocycles. The summed E-state index contributed by atoms with van der Waals surface area (Å²) < 4.78 is 68.3. The summed E-state index contributed by atoms with van der Waals surface area (Å²) in [5.41, 5.74) is 2.62. The smallest absolute Gasteiger partial charge is 0.422 e. The lowest BCUT2D eigenvalue weighted by molar-refractivity contribution is -0.202. The van der Waals surface area contributed by atoms with Crippen molar-refractivity contribution < 1.29 is 31.8 Å². The van der Waals surface area contributed by atoms with Gasteiger partial charge >= 0.3 is 6.18 Å². The van der Waals surface area contributed by atoms with Crippen molar-refractivity contribution in [2.45, 2.75) is 51.5 Å². The van der Waals surface area contributed by atoms with Gasteiger partial charge in [-0.1, -0.05) is 49.4 Å². The third-order valence-corrected chi connectivity index (χ3v) is 6.39. The first-order chi connectivity index (χ1) is 16.8. The number of rotatable bonds is 9. The molecule has 188 valence electrons. The fourth-order valence-corrected chi connectivity index (χ4v) is 4.20. The molecule has 4 rings (SSSR count). The van der Waals surface area contributed by atoms with Crippen LogP contribution in [0.5, 0.6) is 5.75 Å². The van der Waals surface area contributed by atoms with Crippen LogP contribution in [-0.4, -0.2) is 32.3 Å². The molecule has 0 aliphatic carbocycles. The first-order valence-electron chi connectivity index (χ1n) is 12.0. The van der Waals surface area contributed by atoms with Crippen LogP contribution in [-0.2, 0) is 28.7 Å². The molecule has 3 aromatic rings.